The summed E-state index contributed by atoms with van der Waals surface area (Å²) in [4.78, 5) is 11.5. The zero-order valence-corrected chi connectivity index (χ0v) is 15.4. The molecular weight excluding hydrogens is 377 g/mol. The highest BCUT2D eigenvalue weighted by molar-refractivity contribution is 6.39. The Morgan fingerprint density at radius 3 is 2.42 bits per heavy atom. The highest BCUT2D eigenvalue weighted by atomic mass is 35.5. The van der Waals surface area contributed by atoms with Gasteiger partial charge in [-0.05, 0) is 49.7 Å². The summed E-state index contributed by atoms with van der Waals surface area (Å²) in [7, 11) is 0. The normalized spacial score (nSPS) is 10.7. The lowest BCUT2D eigenvalue weighted by molar-refractivity contribution is 0.0706. The third-order valence-corrected chi connectivity index (χ3v) is 4.46. The Balaban J connectivity index is 1.96. The van der Waals surface area contributed by atoms with Crippen LogP contribution in [-0.4, -0.2) is 16.3 Å². The molecule has 1 heterocycles. The first-order valence-corrected chi connectivity index (χ1v) is 8.40. The van der Waals surface area contributed by atoms with E-state index in [0.29, 0.717) is 27.2 Å². The molecule has 1 aromatic heterocycles. The molecule has 134 valence electrons. The minimum Gasteiger partial charge on any atom is -0.361 e. The predicted molar refractivity (Wildman–Crippen MR) is 100 cm³/mol. The fourth-order valence-corrected chi connectivity index (χ4v) is 3.26. The third kappa shape index (κ3) is 3.53. The molecule has 0 bridgehead atoms. The molecule has 0 atom stereocenters. The van der Waals surface area contributed by atoms with Crippen LogP contribution in [0.1, 0.15) is 21.8 Å². The van der Waals surface area contributed by atoms with Gasteiger partial charge in [0, 0.05) is 16.8 Å². The summed E-state index contributed by atoms with van der Waals surface area (Å²) in [5, 5.41) is 16.6. The quantitative estimate of drug-likeness (QED) is 0.423. The lowest BCUT2D eigenvalue weighted by Crippen LogP contribution is -2.18. The lowest BCUT2D eigenvalue weighted by Gasteiger charge is -2.13. The molecule has 3 N–H and O–H groups in total. The van der Waals surface area contributed by atoms with Crippen molar-refractivity contribution in [3.63, 3.8) is 0 Å². The SMILES string of the molecule is Cc1noc(C)c1-c1cc(Cl)c(Nc2cccc(C(=O)NO)c2)c(Cl)c1. The van der Waals surface area contributed by atoms with Crippen LogP contribution in [0.25, 0.3) is 11.1 Å². The molecule has 0 saturated heterocycles. The largest absolute Gasteiger partial charge is 0.361 e. The fraction of sp³-hybridized carbons (Fsp3) is 0.111. The number of hydroxylamine groups is 1. The fourth-order valence-electron chi connectivity index (χ4n) is 2.68. The topological polar surface area (TPSA) is 87.4 Å². The number of benzene rings is 2. The average molecular weight is 392 g/mol. The van der Waals surface area contributed by atoms with Crippen LogP contribution in [0.15, 0.2) is 40.9 Å². The third-order valence-electron chi connectivity index (χ3n) is 3.86. The monoisotopic (exact) mass is 391 g/mol. The molecule has 3 rings (SSSR count). The Labute approximate surface area is 159 Å². The first kappa shape index (κ1) is 18.3. The zero-order valence-electron chi connectivity index (χ0n) is 13.9. The smallest absolute Gasteiger partial charge is 0.274 e. The summed E-state index contributed by atoms with van der Waals surface area (Å²) in [5.74, 6) is 0.0673. The number of rotatable bonds is 4. The van der Waals surface area contributed by atoms with Gasteiger partial charge in [-0.25, -0.2) is 5.48 Å². The molecule has 0 spiro atoms. The number of aromatic nitrogens is 1. The van der Waals surface area contributed by atoms with Gasteiger partial charge in [0.1, 0.15) is 5.76 Å². The molecule has 3 aromatic rings. The van der Waals surface area contributed by atoms with Crippen molar-refractivity contribution in [1.29, 1.82) is 0 Å². The second-order valence-electron chi connectivity index (χ2n) is 5.66. The van der Waals surface area contributed by atoms with Crippen molar-refractivity contribution in [3.8, 4) is 11.1 Å². The van der Waals surface area contributed by atoms with Gasteiger partial charge >= 0.3 is 0 Å². The molecule has 0 aliphatic carbocycles. The first-order valence-electron chi connectivity index (χ1n) is 7.64. The van der Waals surface area contributed by atoms with Gasteiger partial charge in [-0.15, -0.1) is 0 Å². The molecule has 0 aliphatic heterocycles. The molecular formula is C18H15Cl2N3O3. The number of carbonyl (C=O) groups is 1. The Morgan fingerprint density at radius 1 is 1.15 bits per heavy atom. The maximum atomic E-state index is 11.5. The van der Waals surface area contributed by atoms with Gasteiger partial charge in [0.2, 0.25) is 0 Å². The number of hydrogen-bond donors (Lipinski definition) is 3. The lowest BCUT2D eigenvalue weighted by atomic mass is 10.0. The van der Waals surface area contributed by atoms with Gasteiger partial charge in [-0.1, -0.05) is 34.4 Å². The number of amides is 1. The summed E-state index contributed by atoms with van der Waals surface area (Å²) >= 11 is 12.8. The van der Waals surface area contributed by atoms with Crippen molar-refractivity contribution < 1.29 is 14.5 Å². The van der Waals surface area contributed by atoms with Gasteiger partial charge in [0.05, 0.1) is 21.4 Å². The van der Waals surface area contributed by atoms with E-state index in [1.165, 1.54) is 0 Å². The van der Waals surface area contributed by atoms with E-state index < -0.39 is 5.91 Å². The van der Waals surface area contributed by atoms with Crippen LogP contribution in [0.3, 0.4) is 0 Å². The van der Waals surface area contributed by atoms with Crippen molar-refractivity contribution in [2.75, 3.05) is 5.32 Å². The van der Waals surface area contributed by atoms with Crippen molar-refractivity contribution in [3.05, 3.63) is 63.5 Å². The van der Waals surface area contributed by atoms with Crippen LogP contribution in [0.2, 0.25) is 10.0 Å². The second kappa shape index (κ2) is 7.37. The van der Waals surface area contributed by atoms with Crippen LogP contribution in [0, 0.1) is 13.8 Å². The molecule has 0 radical (unpaired) electrons. The number of hydrogen-bond acceptors (Lipinski definition) is 5. The summed E-state index contributed by atoms with van der Waals surface area (Å²) in [6, 6.07) is 10.1. The van der Waals surface area contributed by atoms with E-state index in [4.69, 9.17) is 32.9 Å². The standard InChI is InChI=1S/C18H15Cl2N3O3/c1-9-16(10(2)26-23-9)12-7-14(19)17(15(20)8-12)21-13-5-3-4-11(6-13)18(24)22-25/h3-8,21,25H,1-2H3,(H,22,24). The Kier molecular flexibility index (Phi) is 5.18. The molecule has 0 saturated carbocycles. The van der Waals surface area contributed by atoms with Gasteiger partial charge in [0.15, 0.2) is 0 Å². The van der Waals surface area contributed by atoms with E-state index in [1.807, 2.05) is 13.8 Å². The minimum absolute atomic E-state index is 0.289. The Morgan fingerprint density at radius 2 is 1.85 bits per heavy atom. The van der Waals surface area contributed by atoms with E-state index in [-0.39, 0.29) is 5.56 Å². The number of carbonyl (C=O) groups excluding carboxylic acids is 1. The van der Waals surface area contributed by atoms with Crippen LogP contribution < -0.4 is 10.8 Å². The van der Waals surface area contributed by atoms with Crippen LogP contribution in [0.4, 0.5) is 11.4 Å². The molecule has 0 aliphatic rings. The van der Waals surface area contributed by atoms with E-state index in [1.54, 1.807) is 41.9 Å². The molecule has 0 fully saturated rings. The van der Waals surface area contributed by atoms with E-state index in [2.05, 4.69) is 10.5 Å². The number of anilines is 2. The number of nitrogens with zero attached hydrogens (tertiary/aromatic N) is 1. The van der Waals surface area contributed by atoms with Crippen molar-refractivity contribution in [1.82, 2.24) is 10.6 Å². The second-order valence-corrected chi connectivity index (χ2v) is 6.48. The molecule has 6 nitrogen and oxygen atoms in total. The van der Waals surface area contributed by atoms with E-state index >= 15 is 0 Å². The number of halogens is 2. The Hall–Kier alpha value is -2.54. The summed E-state index contributed by atoms with van der Waals surface area (Å²) in [6.07, 6.45) is 0. The molecule has 1 amide bonds. The van der Waals surface area contributed by atoms with Crippen LogP contribution in [0.5, 0.6) is 0 Å². The Bertz CT molecular complexity index is 943. The summed E-state index contributed by atoms with van der Waals surface area (Å²) in [5.41, 5.74) is 5.38. The van der Waals surface area contributed by atoms with Crippen molar-refractivity contribution >= 4 is 40.5 Å². The minimum atomic E-state index is -0.611. The van der Waals surface area contributed by atoms with Crippen LogP contribution in [-0.2, 0) is 0 Å². The predicted octanol–water partition coefficient (Wildman–Crippen LogP) is 5.13. The summed E-state index contributed by atoms with van der Waals surface area (Å²) < 4.78 is 5.19. The number of aryl methyl sites for hydroxylation is 2. The first-order chi connectivity index (χ1) is 12.4. The number of nitrogens with one attached hydrogen (secondary N) is 2. The highest BCUT2D eigenvalue weighted by Crippen LogP contribution is 2.39. The van der Waals surface area contributed by atoms with E-state index in [0.717, 1.165) is 16.8 Å². The maximum Gasteiger partial charge on any atom is 0.274 e. The van der Waals surface area contributed by atoms with E-state index in [9.17, 15) is 4.79 Å². The van der Waals surface area contributed by atoms with Crippen LogP contribution >= 0.6 is 23.2 Å². The molecule has 8 heteroatoms. The molecule has 2 aromatic carbocycles. The van der Waals surface area contributed by atoms with Crippen molar-refractivity contribution in [2.45, 2.75) is 13.8 Å². The highest BCUT2D eigenvalue weighted by Gasteiger charge is 2.16. The van der Waals surface area contributed by atoms with Gasteiger partial charge < -0.3 is 9.84 Å². The molecule has 26 heavy (non-hydrogen) atoms. The molecule has 0 unspecified atom stereocenters. The van der Waals surface area contributed by atoms with Gasteiger partial charge in [-0.2, -0.15) is 0 Å². The van der Waals surface area contributed by atoms with Crippen molar-refractivity contribution in [2.24, 2.45) is 0 Å². The zero-order chi connectivity index (χ0) is 18.8. The van der Waals surface area contributed by atoms with Gasteiger partial charge in [-0.3, -0.25) is 10.0 Å². The maximum absolute atomic E-state index is 11.5. The average Bonchev–Trinajstić information content (AvgIpc) is 2.96. The summed E-state index contributed by atoms with van der Waals surface area (Å²) in [6.45, 7) is 3.67. The van der Waals surface area contributed by atoms with Gasteiger partial charge in [0.25, 0.3) is 5.91 Å².